The van der Waals surface area contributed by atoms with Crippen molar-refractivity contribution in [3.8, 4) is 5.75 Å². The number of ether oxygens (including phenoxy) is 1. The summed E-state index contributed by atoms with van der Waals surface area (Å²) >= 11 is 1.41. The van der Waals surface area contributed by atoms with Gasteiger partial charge in [-0.3, -0.25) is 9.59 Å². The largest absolute Gasteiger partial charge is 0.487 e. The van der Waals surface area contributed by atoms with E-state index in [9.17, 15) is 9.59 Å². The number of carbonyl (C=O) groups is 2. The van der Waals surface area contributed by atoms with E-state index < -0.39 is 5.25 Å². The summed E-state index contributed by atoms with van der Waals surface area (Å²) in [6, 6.07) is 20.6. The number of carbonyl (C=O) groups excluding carboxylic acids is 2. The molecule has 1 atom stereocenters. The molecule has 160 valence electrons. The zero-order valence-electron chi connectivity index (χ0n) is 17.0. The number of hydrogen-bond acceptors (Lipinski definition) is 5. The number of pyridine rings is 1. The van der Waals surface area contributed by atoms with Gasteiger partial charge in [0.2, 0.25) is 11.8 Å². The Hall–Kier alpha value is -3.78. The molecule has 32 heavy (non-hydrogen) atoms. The van der Waals surface area contributed by atoms with Crippen LogP contribution in [-0.2, 0) is 16.2 Å². The number of benzene rings is 2. The number of amides is 2. The summed E-state index contributed by atoms with van der Waals surface area (Å²) in [6.45, 7) is 0.317. The van der Waals surface area contributed by atoms with Gasteiger partial charge < -0.3 is 19.8 Å². The van der Waals surface area contributed by atoms with Gasteiger partial charge in [0.1, 0.15) is 18.0 Å². The smallest absolute Gasteiger partial charge is 0.238 e. The van der Waals surface area contributed by atoms with Crippen molar-refractivity contribution in [3.63, 3.8) is 0 Å². The molecule has 7 nitrogen and oxygen atoms in total. The SMILES string of the molecule is O=C(CC1Sc2ccccc2NC1=O)Nc1cccc(OCc2cn3ccccc3n2)c1. The minimum atomic E-state index is -0.473. The zero-order chi connectivity index (χ0) is 21.9. The Balaban J connectivity index is 1.19. The highest BCUT2D eigenvalue weighted by Crippen LogP contribution is 2.36. The maximum atomic E-state index is 12.6. The minimum Gasteiger partial charge on any atom is -0.487 e. The van der Waals surface area contributed by atoms with Gasteiger partial charge in [0.25, 0.3) is 0 Å². The molecule has 0 saturated carbocycles. The van der Waals surface area contributed by atoms with E-state index in [1.165, 1.54) is 11.8 Å². The molecule has 0 radical (unpaired) electrons. The first-order valence-electron chi connectivity index (χ1n) is 10.2. The zero-order valence-corrected chi connectivity index (χ0v) is 17.8. The fraction of sp³-hybridized carbons (Fsp3) is 0.125. The summed E-state index contributed by atoms with van der Waals surface area (Å²) in [6.07, 6.45) is 3.94. The van der Waals surface area contributed by atoms with E-state index in [1.807, 2.05) is 71.4 Å². The van der Waals surface area contributed by atoms with Crippen LogP contribution >= 0.6 is 11.8 Å². The van der Waals surface area contributed by atoms with E-state index in [2.05, 4.69) is 15.6 Å². The Morgan fingerprint density at radius 1 is 1.12 bits per heavy atom. The summed E-state index contributed by atoms with van der Waals surface area (Å²) in [4.78, 5) is 30.4. The van der Waals surface area contributed by atoms with E-state index in [0.29, 0.717) is 18.0 Å². The van der Waals surface area contributed by atoms with Gasteiger partial charge in [0.15, 0.2) is 0 Å². The average molecular weight is 445 g/mol. The summed E-state index contributed by atoms with van der Waals surface area (Å²) in [7, 11) is 0. The lowest BCUT2D eigenvalue weighted by Crippen LogP contribution is -2.32. The first-order valence-corrected chi connectivity index (χ1v) is 11.0. The van der Waals surface area contributed by atoms with Crippen molar-refractivity contribution in [1.29, 1.82) is 0 Å². The van der Waals surface area contributed by atoms with Crippen molar-refractivity contribution in [1.82, 2.24) is 9.38 Å². The van der Waals surface area contributed by atoms with E-state index in [-0.39, 0.29) is 18.2 Å². The number of thioether (sulfide) groups is 1. The number of imidazole rings is 1. The Kier molecular flexibility index (Phi) is 5.51. The second-order valence-corrected chi connectivity index (χ2v) is 8.60. The predicted octanol–water partition coefficient (Wildman–Crippen LogP) is 4.35. The molecule has 0 aliphatic carbocycles. The summed E-state index contributed by atoms with van der Waals surface area (Å²) in [5.41, 5.74) is 3.07. The number of rotatable bonds is 6. The number of hydrogen-bond donors (Lipinski definition) is 2. The van der Waals surface area contributed by atoms with Gasteiger partial charge in [0.05, 0.1) is 16.6 Å². The molecule has 3 heterocycles. The van der Waals surface area contributed by atoms with Gasteiger partial charge >= 0.3 is 0 Å². The third-order valence-corrected chi connectivity index (χ3v) is 6.27. The molecule has 0 fully saturated rings. The first-order chi connectivity index (χ1) is 15.6. The van der Waals surface area contributed by atoms with E-state index in [1.54, 1.807) is 12.1 Å². The third kappa shape index (κ3) is 4.45. The Morgan fingerprint density at radius 2 is 2.00 bits per heavy atom. The Bertz CT molecular complexity index is 1270. The monoisotopic (exact) mass is 444 g/mol. The fourth-order valence-corrected chi connectivity index (χ4v) is 4.60. The molecule has 1 aliphatic rings. The molecule has 2 aromatic heterocycles. The number of nitrogens with zero attached hydrogens (tertiary/aromatic N) is 2. The van der Waals surface area contributed by atoms with Crippen molar-refractivity contribution in [2.24, 2.45) is 0 Å². The number of aromatic nitrogens is 2. The van der Waals surface area contributed by atoms with Crippen molar-refractivity contribution >= 4 is 40.6 Å². The molecular formula is C24H20N4O3S. The molecule has 0 saturated heterocycles. The van der Waals surface area contributed by atoms with Crippen LogP contribution in [0, 0.1) is 0 Å². The normalized spacial score (nSPS) is 15.1. The van der Waals surface area contributed by atoms with Crippen LogP contribution in [0.25, 0.3) is 5.65 Å². The number of para-hydroxylation sites is 1. The summed E-state index contributed by atoms with van der Waals surface area (Å²) in [5, 5.41) is 5.25. The third-order valence-electron chi connectivity index (χ3n) is 5.00. The summed E-state index contributed by atoms with van der Waals surface area (Å²) in [5.74, 6) is 0.237. The van der Waals surface area contributed by atoms with Crippen LogP contribution in [0.2, 0.25) is 0 Å². The van der Waals surface area contributed by atoms with Crippen LogP contribution in [0.5, 0.6) is 5.75 Å². The lowest BCUT2D eigenvalue weighted by Gasteiger charge is -2.23. The summed E-state index contributed by atoms with van der Waals surface area (Å²) < 4.78 is 7.79. The van der Waals surface area contributed by atoms with E-state index in [4.69, 9.17) is 4.74 Å². The minimum absolute atomic E-state index is 0.0805. The van der Waals surface area contributed by atoms with Crippen LogP contribution < -0.4 is 15.4 Å². The number of fused-ring (bicyclic) bond motifs is 2. The first kappa shape index (κ1) is 20.1. The van der Waals surface area contributed by atoms with Gasteiger partial charge in [-0.15, -0.1) is 11.8 Å². The maximum absolute atomic E-state index is 12.6. The van der Waals surface area contributed by atoms with Crippen LogP contribution in [-0.4, -0.2) is 26.4 Å². The molecular weight excluding hydrogens is 424 g/mol. The molecule has 2 aromatic carbocycles. The quantitative estimate of drug-likeness (QED) is 0.462. The molecule has 0 spiro atoms. The number of anilines is 2. The molecule has 1 aliphatic heterocycles. The highest BCUT2D eigenvalue weighted by Gasteiger charge is 2.28. The van der Waals surface area contributed by atoms with Gasteiger partial charge in [0, 0.05) is 35.5 Å². The fourth-order valence-electron chi connectivity index (χ4n) is 3.49. The van der Waals surface area contributed by atoms with Gasteiger partial charge in [-0.2, -0.15) is 0 Å². The molecule has 2 amide bonds. The lowest BCUT2D eigenvalue weighted by atomic mass is 10.2. The van der Waals surface area contributed by atoms with E-state index in [0.717, 1.165) is 21.9 Å². The second kappa shape index (κ2) is 8.76. The standard InChI is InChI=1S/C24H20N4O3S/c29-23(13-21-24(30)27-19-8-1-2-9-20(19)32-21)26-16-6-5-7-18(12-16)31-15-17-14-28-11-4-3-10-22(28)25-17/h1-12,14,21H,13,15H2,(H,26,29)(H,27,30). The van der Waals surface area contributed by atoms with Gasteiger partial charge in [-0.25, -0.2) is 4.98 Å². The van der Waals surface area contributed by atoms with Crippen LogP contribution in [0.1, 0.15) is 12.1 Å². The molecule has 0 bridgehead atoms. The van der Waals surface area contributed by atoms with Crippen molar-refractivity contribution in [2.75, 3.05) is 10.6 Å². The van der Waals surface area contributed by atoms with Crippen molar-refractivity contribution in [2.45, 2.75) is 23.2 Å². The topological polar surface area (TPSA) is 84.7 Å². The molecule has 4 aromatic rings. The molecule has 1 unspecified atom stereocenters. The van der Waals surface area contributed by atoms with Crippen molar-refractivity contribution < 1.29 is 14.3 Å². The highest BCUT2D eigenvalue weighted by atomic mass is 32.2. The predicted molar refractivity (Wildman–Crippen MR) is 124 cm³/mol. The van der Waals surface area contributed by atoms with Crippen molar-refractivity contribution in [3.05, 3.63) is 84.8 Å². The van der Waals surface area contributed by atoms with Crippen LogP contribution in [0.3, 0.4) is 0 Å². The lowest BCUT2D eigenvalue weighted by molar-refractivity contribution is -0.120. The van der Waals surface area contributed by atoms with E-state index >= 15 is 0 Å². The maximum Gasteiger partial charge on any atom is 0.238 e. The van der Waals surface area contributed by atoms with Gasteiger partial charge in [-0.05, 0) is 36.4 Å². The Morgan fingerprint density at radius 3 is 2.91 bits per heavy atom. The molecule has 8 heteroatoms. The van der Waals surface area contributed by atoms with Gasteiger partial charge in [-0.1, -0.05) is 24.3 Å². The highest BCUT2D eigenvalue weighted by molar-refractivity contribution is 8.01. The number of nitrogens with one attached hydrogen (secondary N) is 2. The van der Waals surface area contributed by atoms with Crippen LogP contribution in [0.15, 0.2) is 84.0 Å². The average Bonchev–Trinajstić information content (AvgIpc) is 3.21. The molecule has 2 N–H and O–H groups in total. The second-order valence-electron chi connectivity index (χ2n) is 7.36. The molecule has 5 rings (SSSR count). The van der Waals surface area contributed by atoms with Crippen LogP contribution in [0.4, 0.5) is 11.4 Å². The Labute approximate surface area is 188 Å².